The summed E-state index contributed by atoms with van der Waals surface area (Å²) in [5.74, 6) is 0.662. The molecule has 0 unspecified atom stereocenters. The summed E-state index contributed by atoms with van der Waals surface area (Å²) in [7, 11) is 0. The summed E-state index contributed by atoms with van der Waals surface area (Å²) in [6.07, 6.45) is 0. The van der Waals surface area contributed by atoms with Gasteiger partial charge >= 0.3 is 0 Å². The Labute approximate surface area is 71.2 Å². The van der Waals surface area contributed by atoms with Crippen LogP contribution in [0.5, 0.6) is 0 Å². The van der Waals surface area contributed by atoms with Crippen molar-refractivity contribution < 1.29 is 0 Å². The monoisotopic (exact) mass is 177 g/mol. The van der Waals surface area contributed by atoms with Crippen molar-refractivity contribution in [2.75, 3.05) is 6.54 Å². The molecule has 6 heteroatoms. The minimum absolute atomic E-state index is 0. The maximum absolute atomic E-state index is 5.48. The maximum Gasteiger partial charge on any atom is 0.181 e. The minimum atomic E-state index is -0.174. The summed E-state index contributed by atoms with van der Waals surface area (Å²) in [6.45, 7) is 4.46. The lowest BCUT2D eigenvalue weighted by Crippen LogP contribution is -2.29. The van der Waals surface area contributed by atoms with Crippen LogP contribution in [-0.4, -0.2) is 27.2 Å². The number of H-pyrrole nitrogens is 1. The number of nitrogens with zero attached hydrogens (tertiary/aromatic N) is 3. The average Bonchev–Trinajstić information content (AvgIpc) is 2.38. The standard InChI is InChI=1S/C5H11N5.ClH/c1-5(2,3-6)4-7-9-10-8-4;/h3,6H2,1-2H3,(H,7,8,9,10);1H. The molecule has 1 heterocycles. The number of hydrogen-bond acceptors (Lipinski definition) is 4. The van der Waals surface area contributed by atoms with E-state index in [-0.39, 0.29) is 17.8 Å². The van der Waals surface area contributed by atoms with Crippen molar-refractivity contribution in [3.05, 3.63) is 5.82 Å². The van der Waals surface area contributed by atoms with E-state index in [0.29, 0.717) is 12.4 Å². The summed E-state index contributed by atoms with van der Waals surface area (Å²) < 4.78 is 0. The third-order valence-electron chi connectivity index (χ3n) is 1.46. The van der Waals surface area contributed by atoms with E-state index in [1.54, 1.807) is 0 Å². The van der Waals surface area contributed by atoms with Gasteiger partial charge in [0.25, 0.3) is 0 Å². The zero-order chi connectivity index (χ0) is 7.61. The highest BCUT2D eigenvalue weighted by Gasteiger charge is 2.22. The summed E-state index contributed by atoms with van der Waals surface area (Å²) in [5.41, 5.74) is 5.30. The van der Waals surface area contributed by atoms with Gasteiger partial charge in [-0.2, -0.15) is 5.21 Å². The van der Waals surface area contributed by atoms with Crippen molar-refractivity contribution in [1.82, 2.24) is 20.6 Å². The predicted molar refractivity (Wildman–Crippen MR) is 43.5 cm³/mol. The van der Waals surface area contributed by atoms with E-state index in [9.17, 15) is 0 Å². The Kier molecular flexibility index (Phi) is 3.41. The largest absolute Gasteiger partial charge is 0.329 e. The van der Waals surface area contributed by atoms with E-state index in [1.807, 2.05) is 13.8 Å². The molecule has 5 nitrogen and oxygen atoms in total. The molecule has 64 valence electrons. The molecule has 0 saturated heterocycles. The third kappa shape index (κ3) is 2.13. The van der Waals surface area contributed by atoms with Gasteiger partial charge in [0.2, 0.25) is 0 Å². The molecule has 0 spiro atoms. The van der Waals surface area contributed by atoms with Crippen LogP contribution in [0, 0.1) is 0 Å². The van der Waals surface area contributed by atoms with Gasteiger partial charge in [-0.05, 0) is 0 Å². The van der Waals surface area contributed by atoms with Crippen molar-refractivity contribution in [1.29, 1.82) is 0 Å². The number of aromatic nitrogens is 4. The van der Waals surface area contributed by atoms with Gasteiger partial charge in [0, 0.05) is 12.0 Å². The number of halogens is 1. The van der Waals surface area contributed by atoms with Gasteiger partial charge < -0.3 is 5.73 Å². The van der Waals surface area contributed by atoms with Crippen LogP contribution in [0.3, 0.4) is 0 Å². The molecule has 1 aromatic heterocycles. The first kappa shape index (κ1) is 10.3. The molecular weight excluding hydrogens is 166 g/mol. The van der Waals surface area contributed by atoms with Crippen molar-refractivity contribution in [3.8, 4) is 0 Å². The molecule has 0 aliphatic carbocycles. The second kappa shape index (κ2) is 3.64. The van der Waals surface area contributed by atoms with Gasteiger partial charge in [0.1, 0.15) is 0 Å². The molecule has 11 heavy (non-hydrogen) atoms. The first-order valence-electron chi connectivity index (χ1n) is 3.11. The summed E-state index contributed by atoms with van der Waals surface area (Å²) in [4.78, 5) is 0. The van der Waals surface area contributed by atoms with Crippen LogP contribution in [-0.2, 0) is 5.41 Å². The van der Waals surface area contributed by atoms with E-state index >= 15 is 0 Å². The summed E-state index contributed by atoms with van der Waals surface area (Å²) in [5, 5.41) is 13.5. The lowest BCUT2D eigenvalue weighted by atomic mass is 9.93. The SMILES string of the molecule is CC(C)(CN)c1nn[nH]n1.Cl. The normalized spacial score (nSPS) is 10.8. The van der Waals surface area contributed by atoms with Crippen LogP contribution in [0.15, 0.2) is 0 Å². The zero-order valence-corrected chi connectivity index (χ0v) is 7.35. The van der Waals surface area contributed by atoms with Gasteiger partial charge in [-0.3, -0.25) is 0 Å². The molecule has 0 aliphatic rings. The average molecular weight is 178 g/mol. The second-order valence-corrected chi connectivity index (χ2v) is 2.82. The smallest absolute Gasteiger partial charge is 0.181 e. The number of tetrazole rings is 1. The van der Waals surface area contributed by atoms with Gasteiger partial charge in [0.15, 0.2) is 5.82 Å². The molecule has 1 aromatic rings. The maximum atomic E-state index is 5.48. The van der Waals surface area contributed by atoms with E-state index in [2.05, 4.69) is 20.6 Å². The Morgan fingerprint density at radius 2 is 2.18 bits per heavy atom. The van der Waals surface area contributed by atoms with E-state index < -0.39 is 0 Å². The molecule has 0 amide bonds. The van der Waals surface area contributed by atoms with Crippen LogP contribution in [0.1, 0.15) is 19.7 Å². The Balaban J connectivity index is 0.000001000. The molecular formula is C5H12ClN5. The van der Waals surface area contributed by atoms with E-state index in [0.717, 1.165) is 0 Å². The van der Waals surface area contributed by atoms with Gasteiger partial charge in [-0.25, -0.2) is 0 Å². The van der Waals surface area contributed by atoms with Crippen LogP contribution in [0.25, 0.3) is 0 Å². The van der Waals surface area contributed by atoms with Gasteiger partial charge in [-0.1, -0.05) is 19.1 Å². The number of hydrogen-bond donors (Lipinski definition) is 2. The Hall–Kier alpha value is -0.680. The predicted octanol–water partition coefficient (Wildman–Crippen LogP) is -0.142. The van der Waals surface area contributed by atoms with Crippen LogP contribution in [0.2, 0.25) is 0 Å². The van der Waals surface area contributed by atoms with Crippen molar-refractivity contribution in [3.63, 3.8) is 0 Å². The fourth-order valence-electron chi connectivity index (χ4n) is 0.540. The molecule has 0 bridgehead atoms. The third-order valence-corrected chi connectivity index (χ3v) is 1.46. The lowest BCUT2D eigenvalue weighted by Gasteiger charge is -2.15. The molecule has 0 saturated carbocycles. The topological polar surface area (TPSA) is 80.5 Å². The first-order chi connectivity index (χ1) is 4.67. The Bertz CT molecular complexity index is 195. The highest BCUT2D eigenvalue weighted by molar-refractivity contribution is 5.85. The van der Waals surface area contributed by atoms with Gasteiger partial charge in [0.05, 0.1) is 0 Å². The molecule has 1 rings (SSSR count). The highest BCUT2D eigenvalue weighted by atomic mass is 35.5. The summed E-state index contributed by atoms with van der Waals surface area (Å²) in [6, 6.07) is 0. The van der Waals surface area contributed by atoms with Crippen LogP contribution >= 0.6 is 12.4 Å². The highest BCUT2D eigenvalue weighted by Crippen LogP contribution is 2.14. The molecule has 3 N–H and O–H groups in total. The Morgan fingerprint density at radius 1 is 1.55 bits per heavy atom. The number of rotatable bonds is 2. The number of aromatic amines is 1. The van der Waals surface area contributed by atoms with Gasteiger partial charge in [-0.15, -0.1) is 22.6 Å². The second-order valence-electron chi connectivity index (χ2n) is 2.82. The number of nitrogens with one attached hydrogen (secondary N) is 1. The van der Waals surface area contributed by atoms with E-state index in [1.165, 1.54) is 0 Å². The fraction of sp³-hybridized carbons (Fsp3) is 0.800. The molecule has 0 aromatic carbocycles. The fourth-order valence-corrected chi connectivity index (χ4v) is 0.540. The van der Waals surface area contributed by atoms with Crippen LogP contribution in [0.4, 0.5) is 0 Å². The zero-order valence-electron chi connectivity index (χ0n) is 6.53. The summed E-state index contributed by atoms with van der Waals surface area (Å²) >= 11 is 0. The van der Waals surface area contributed by atoms with E-state index in [4.69, 9.17) is 5.73 Å². The minimum Gasteiger partial charge on any atom is -0.329 e. The molecule has 0 fully saturated rings. The number of nitrogens with two attached hydrogens (primary N) is 1. The van der Waals surface area contributed by atoms with Crippen molar-refractivity contribution >= 4 is 12.4 Å². The van der Waals surface area contributed by atoms with Crippen molar-refractivity contribution in [2.24, 2.45) is 5.73 Å². The molecule has 0 atom stereocenters. The quantitative estimate of drug-likeness (QED) is 0.659. The lowest BCUT2D eigenvalue weighted by molar-refractivity contribution is 0.503. The molecule has 0 radical (unpaired) electrons. The Morgan fingerprint density at radius 3 is 2.55 bits per heavy atom. The van der Waals surface area contributed by atoms with Crippen LogP contribution < -0.4 is 5.73 Å². The first-order valence-corrected chi connectivity index (χ1v) is 3.11. The van der Waals surface area contributed by atoms with Crippen molar-refractivity contribution in [2.45, 2.75) is 19.3 Å². The molecule has 0 aliphatic heterocycles.